The van der Waals surface area contributed by atoms with Crippen LogP contribution in [-0.2, 0) is 23.6 Å². The molecule has 0 unspecified atom stereocenters. The van der Waals surface area contributed by atoms with E-state index in [-0.39, 0.29) is 23.2 Å². The van der Waals surface area contributed by atoms with Crippen molar-refractivity contribution in [2.75, 3.05) is 0 Å². The fraction of sp³-hybridized carbons (Fsp3) is 0.276. The smallest absolute Gasteiger partial charge is 0.416 e. The second kappa shape index (κ2) is 10.1. The Morgan fingerprint density at radius 1 is 0.949 bits per heavy atom. The zero-order valence-corrected chi connectivity index (χ0v) is 21.2. The van der Waals surface area contributed by atoms with Crippen molar-refractivity contribution in [1.29, 1.82) is 0 Å². The number of allylic oxidation sites excluding steroid dienone is 1. The Bertz CT molecular complexity index is 1440. The number of ether oxygens (including phenoxy) is 1. The highest BCUT2D eigenvalue weighted by Crippen LogP contribution is 2.40. The van der Waals surface area contributed by atoms with Crippen LogP contribution in [0.25, 0.3) is 16.7 Å². The summed E-state index contributed by atoms with van der Waals surface area (Å²) in [5.41, 5.74) is 0.0238. The van der Waals surface area contributed by atoms with E-state index in [2.05, 4.69) is 6.58 Å². The molecule has 1 fully saturated rings. The molecular formula is C29H24F7NO2. The van der Waals surface area contributed by atoms with Gasteiger partial charge in [-0.3, -0.25) is 4.90 Å². The van der Waals surface area contributed by atoms with Crippen molar-refractivity contribution in [3.63, 3.8) is 0 Å². The van der Waals surface area contributed by atoms with E-state index in [1.165, 1.54) is 42.2 Å². The van der Waals surface area contributed by atoms with Gasteiger partial charge in [0.1, 0.15) is 11.9 Å². The molecule has 0 spiro atoms. The van der Waals surface area contributed by atoms with Crippen LogP contribution in [0.4, 0.5) is 35.5 Å². The van der Waals surface area contributed by atoms with E-state index in [1.54, 1.807) is 13.8 Å². The second-order valence-corrected chi connectivity index (χ2v) is 9.65. The van der Waals surface area contributed by atoms with Gasteiger partial charge in [-0.2, -0.15) is 26.3 Å². The number of carbonyl (C=O) groups excluding carboxylic acids is 1. The van der Waals surface area contributed by atoms with Crippen molar-refractivity contribution in [1.82, 2.24) is 4.90 Å². The molecule has 0 N–H and O–H groups in total. The summed E-state index contributed by atoms with van der Waals surface area (Å²) in [6, 6.07) is 9.63. The molecule has 3 nitrogen and oxygen atoms in total. The van der Waals surface area contributed by atoms with Crippen LogP contribution in [0.15, 0.2) is 61.2 Å². The molecule has 1 amide bonds. The molecule has 0 radical (unpaired) electrons. The number of nitrogens with zero attached hydrogens (tertiary/aromatic N) is 1. The normalized spacial score (nSPS) is 17.9. The summed E-state index contributed by atoms with van der Waals surface area (Å²) >= 11 is 0. The van der Waals surface area contributed by atoms with Gasteiger partial charge in [0, 0.05) is 5.56 Å². The van der Waals surface area contributed by atoms with Crippen molar-refractivity contribution in [2.45, 2.75) is 51.8 Å². The summed E-state index contributed by atoms with van der Waals surface area (Å²) in [5.74, 6) is -0.546. The highest BCUT2D eigenvalue weighted by molar-refractivity contribution is 5.75. The minimum atomic E-state index is -4.67. The van der Waals surface area contributed by atoms with Gasteiger partial charge in [-0.25, -0.2) is 9.18 Å². The molecule has 1 aliphatic rings. The largest absolute Gasteiger partial charge is 0.439 e. The molecule has 206 valence electrons. The lowest BCUT2D eigenvalue weighted by atomic mass is 9.93. The number of hydrogen-bond donors (Lipinski definition) is 0. The molecule has 4 rings (SSSR count). The standard InChI is InChI=1S/C29H24F7NO2/c1-15(2)24-13-18(5-8-25(24)30)23-7-6-21(28(31,32)33)12-20(23)14-37-17(4)26(39-27(37)38)19-9-16(3)10-22(11-19)29(34,35)36/h5-13,17,26H,1,14H2,2-4H3/t17-,26-/m0/s1. The highest BCUT2D eigenvalue weighted by atomic mass is 19.4. The van der Waals surface area contributed by atoms with Crippen LogP contribution in [0.5, 0.6) is 0 Å². The molecule has 1 heterocycles. The van der Waals surface area contributed by atoms with E-state index in [0.717, 1.165) is 24.3 Å². The Morgan fingerprint density at radius 3 is 2.23 bits per heavy atom. The number of amides is 1. The van der Waals surface area contributed by atoms with Crippen LogP contribution in [0.1, 0.15) is 53.3 Å². The summed E-state index contributed by atoms with van der Waals surface area (Å²) in [4.78, 5) is 14.0. The highest BCUT2D eigenvalue weighted by Gasteiger charge is 2.42. The molecule has 3 aromatic rings. The summed E-state index contributed by atoms with van der Waals surface area (Å²) in [6.07, 6.45) is -11.2. The summed E-state index contributed by atoms with van der Waals surface area (Å²) in [6.45, 7) is 8.03. The number of carbonyl (C=O) groups is 1. The number of halogens is 7. The number of aryl methyl sites for hydroxylation is 1. The van der Waals surface area contributed by atoms with Crippen LogP contribution in [-0.4, -0.2) is 17.0 Å². The molecule has 1 saturated heterocycles. The molecule has 2 atom stereocenters. The number of cyclic esters (lactones) is 1. The Morgan fingerprint density at radius 2 is 1.62 bits per heavy atom. The zero-order valence-electron chi connectivity index (χ0n) is 21.2. The Labute approximate surface area is 220 Å². The predicted molar refractivity (Wildman–Crippen MR) is 132 cm³/mol. The summed E-state index contributed by atoms with van der Waals surface area (Å²) in [7, 11) is 0. The predicted octanol–water partition coefficient (Wildman–Crippen LogP) is 8.95. The van der Waals surface area contributed by atoms with Crippen LogP contribution in [0, 0.1) is 12.7 Å². The van der Waals surface area contributed by atoms with Crippen LogP contribution < -0.4 is 0 Å². The van der Waals surface area contributed by atoms with E-state index in [1.807, 2.05) is 0 Å². The van der Waals surface area contributed by atoms with Crippen molar-refractivity contribution in [3.05, 3.63) is 100 Å². The van der Waals surface area contributed by atoms with Gasteiger partial charge in [0.2, 0.25) is 0 Å². The lowest BCUT2D eigenvalue weighted by Crippen LogP contribution is -2.31. The van der Waals surface area contributed by atoms with Gasteiger partial charge in [-0.15, -0.1) is 0 Å². The van der Waals surface area contributed by atoms with Gasteiger partial charge in [0.15, 0.2) is 0 Å². The van der Waals surface area contributed by atoms with E-state index >= 15 is 0 Å². The quantitative estimate of drug-likeness (QED) is 0.296. The summed E-state index contributed by atoms with van der Waals surface area (Å²) < 4.78 is 101. The van der Waals surface area contributed by atoms with Crippen LogP contribution in [0.3, 0.4) is 0 Å². The topological polar surface area (TPSA) is 29.5 Å². The maximum atomic E-state index is 14.3. The lowest BCUT2D eigenvalue weighted by Gasteiger charge is -2.24. The minimum Gasteiger partial charge on any atom is -0.439 e. The van der Waals surface area contributed by atoms with E-state index in [9.17, 15) is 35.5 Å². The van der Waals surface area contributed by atoms with Crippen LogP contribution >= 0.6 is 0 Å². The zero-order chi connectivity index (χ0) is 28.9. The molecule has 39 heavy (non-hydrogen) atoms. The minimum absolute atomic E-state index is 0.105. The van der Waals surface area contributed by atoms with Crippen molar-refractivity contribution < 1.29 is 40.3 Å². The average Bonchev–Trinajstić information content (AvgIpc) is 3.11. The molecule has 0 saturated carbocycles. The first-order chi connectivity index (χ1) is 18.1. The molecule has 10 heteroatoms. The molecule has 1 aliphatic heterocycles. The van der Waals surface area contributed by atoms with E-state index in [4.69, 9.17) is 4.74 Å². The van der Waals surface area contributed by atoms with Crippen molar-refractivity contribution in [2.24, 2.45) is 0 Å². The molecule has 0 aromatic heterocycles. The third kappa shape index (κ3) is 5.79. The number of benzene rings is 3. The first kappa shape index (κ1) is 28.2. The molecule has 0 bridgehead atoms. The van der Waals surface area contributed by atoms with Gasteiger partial charge in [0.05, 0.1) is 23.7 Å². The molecule has 3 aromatic carbocycles. The number of hydrogen-bond acceptors (Lipinski definition) is 2. The summed E-state index contributed by atoms with van der Waals surface area (Å²) in [5, 5.41) is 0. The molecule has 0 aliphatic carbocycles. The van der Waals surface area contributed by atoms with E-state index in [0.29, 0.717) is 22.3 Å². The van der Waals surface area contributed by atoms with Crippen molar-refractivity contribution in [3.8, 4) is 11.1 Å². The fourth-order valence-electron chi connectivity index (χ4n) is 4.69. The Kier molecular flexibility index (Phi) is 7.27. The maximum absolute atomic E-state index is 14.3. The van der Waals surface area contributed by atoms with Crippen LogP contribution in [0.2, 0.25) is 0 Å². The van der Waals surface area contributed by atoms with Gasteiger partial charge >= 0.3 is 18.4 Å². The SMILES string of the molecule is C=C(C)c1cc(-c2ccc(C(F)(F)F)cc2CN2C(=O)O[C@H](c3cc(C)cc(C(F)(F)F)c3)[C@@H]2C)ccc1F. The van der Waals surface area contributed by atoms with Gasteiger partial charge < -0.3 is 4.74 Å². The van der Waals surface area contributed by atoms with Gasteiger partial charge in [-0.05, 0) is 85.0 Å². The Hall–Kier alpha value is -3.82. The average molecular weight is 552 g/mol. The second-order valence-electron chi connectivity index (χ2n) is 9.65. The molecular weight excluding hydrogens is 527 g/mol. The van der Waals surface area contributed by atoms with Gasteiger partial charge in [-0.1, -0.05) is 30.3 Å². The van der Waals surface area contributed by atoms with E-state index < -0.39 is 47.5 Å². The first-order valence-corrected chi connectivity index (χ1v) is 11.9. The monoisotopic (exact) mass is 551 g/mol. The van der Waals surface area contributed by atoms with Crippen molar-refractivity contribution >= 4 is 11.7 Å². The first-order valence-electron chi connectivity index (χ1n) is 11.9. The number of alkyl halides is 6. The maximum Gasteiger partial charge on any atom is 0.416 e. The Balaban J connectivity index is 1.75. The number of rotatable bonds is 5. The third-order valence-corrected chi connectivity index (χ3v) is 6.66. The fourth-order valence-corrected chi connectivity index (χ4v) is 4.69. The lowest BCUT2D eigenvalue weighted by molar-refractivity contribution is -0.138. The third-order valence-electron chi connectivity index (χ3n) is 6.66. The van der Waals surface area contributed by atoms with Gasteiger partial charge in [0.25, 0.3) is 0 Å².